The highest BCUT2D eigenvalue weighted by Gasteiger charge is 2.44. The number of hydrogen-bond acceptors (Lipinski definition) is 3. The predicted octanol–water partition coefficient (Wildman–Crippen LogP) is 8.93. The van der Waals surface area contributed by atoms with Crippen LogP contribution in [-0.4, -0.2) is 11.0 Å². The van der Waals surface area contributed by atoms with Gasteiger partial charge in [-0.1, -0.05) is 74.0 Å². The van der Waals surface area contributed by atoms with Gasteiger partial charge >= 0.3 is 0 Å². The molecule has 3 atom stereocenters. The van der Waals surface area contributed by atoms with E-state index in [2.05, 4.69) is 106 Å². The summed E-state index contributed by atoms with van der Waals surface area (Å²) in [5.41, 5.74) is 4.33. The van der Waals surface area contributed by atoms with Crippen LogP contribution in [0.1, 0.15) is 55.1 Å². The fourth-order valence-corrected chi connectivity index (χ4v) is 14.3. The lowest BCUT2D eigenvalue weighted by atomic mass is 10.0. The lowest BCUT2D eigenvalue weighted by Gasteiger charge is -2.42. The van der Waals surface area contributed by atoms with Crippen molar-refractivity contribution in [2.45, 2.75) is 43.9 Å². The Bertz CT molecular complexity index is 1000. The van der Waals surface area contributed by atoms with Crippen molar-refractivity contribution in [3.63, 3.8) is 0 Å². The quantitative estimate of drug-likeness (QED) is 0.204. The fraction of sp³-hybridized carbons (Fsp3) is 0.286. The third-order valence-corrected chi connectivity index (χ3v) is 14.6. The predicted molar refractivity (Wildman–Crippen MR) is 151 cm³/mol. The molecule has 1 saturated heterocycles. The van der Waals surface area contributed by atoms with Gasteiger partial charge in [0.2, 0.25) is 0 Å². The number of rotatable bonds is 9. The molecule has 33 heavy (non-hydrogen) atoms. The van der Waals surface area contributed by atoms with Gasteiger partial charge in [-0.15, -0.1) is 0 Å². The van der Waals surface area contributed by atoms with Crippen LogP contribution in [0.15, 0.2) is 94.3 Å². The number of hydrogen-bond donors (Lipinski definition) is 0. The normalized spacial score (nSPS) is 20.6. The second kappa shape index (κ2) is 11.4. The van der Waals surface area contributed by atoms with Crippen molar-refractivity contribution in [2.75, 3.05) is 6.54 Å². The minimum atomic E-state index is -0.514. The van der Waals surface area contributed by atoms with E-state index in [1.165, 1.54) is 54.0 Å². The van der Waals surface area contributed by atoms with Gasteiger partial charge in [-0.2, -0.15) is 22.7 Å². The molecule has 1 nitrogen and oxygen atoms in total. The standard InChI is InChI=1S/C28H31NP2S2/c1-2-3-18-29(30(25-16-19-32-21-25)26-17-20-33-22-26)31-27(23-10-6-4-7-11-23)14-15-28(31)24-12-8-5-9-13-24/h4-13,16-17,19-22,27-28H,2-3,14-15,18H2,1H3/t27-,28?,31?/m1/s1. The van der Waals surface area contributed by atoms with Gasteiger partial charge in [-0.05, 0) is 72.1 Å². The van der Waals surface area contributed by atoms with Gasteiger partial charge in [-0.25, -0.2) is 0 Å². The van der Waals surface area contributed by atoms with Crippen LogP contribution >= 0.6 is 38.8 Å². The molecule has 5 rings (SSSR count). The van der Waals surface area contributed by atoms with Crippen molar-refractivity contribution in [1.29, 1.82) is 0 Å². The number of thiophene rings is 2. The Kier molecular flexibility index (Phi) is 8.08. The molecule has 2 unspecified atom stereocenters. The minimum absolute atomic E-state index is 0.377. The summed E-state index contributed by atoms with van der Waals surface area (Å²) in [6, 6.07) is 27.5. The summed E-state index contributed by atoms with van der Waals surface area (Å²) in [6.07, 6.45) is 5.07. The smallest absolute Gasteiger partial charge is 0.0335 e. The Morgan fingerprint density at radius 3 is 1.73 bits per heavy atom. The summed E-state index contributed by atoms with van der Waals surface area (Å²) >= 11 is 3.69. The summed E-state index contributed by atoms with van der Waals surface area (Å²) in [7, 11) is -0.891. The molecule has 0 spiro atoms. The Labute approximate surface area is 209 Å². The first-order valence-corrected chi connectivity index (χ1v) is 16.5. The minimum Gasteiger partial charge on any atom is -0.251 e. The van der Waals surface area contributed by atoms with Crippen molar-refractivity contribution < 1.29 is 0 Å². The highest BCUT2D eigenvalue weighted by atomic mass is 32.1. The molecule has 1 aliphatic rings. The molecule has 170 valence electrons. The van der Waals surface area contributed by atoms with Crippen molar-refractivity contribution in [1.82, 2.24) is 4.44 Å². The number of benzene rings is 2. The van der Waals surface area contributed by atoms with E-state index < -0.39 is 8.07 Å². The van der Waals surface area contributed by atoms with Crippen LogP contribution in [0.3, 0.4) is 0 Å². The maximum absolute atomic E-state index is 3.01. The zero-order valence-electron chi connectivity index (χ0n) is 19.1. The lowest BCUT2D eigenvalue weighted by Crippen LogP contribution is -2.26. The lowest BCUT2D eigenvalue weighted by molar-refractivity contribution is 0.632. The molecular weight excluding hydrogens is 476 g/mol. The van der Waals surface area contributed by atoms with Gasteiger partial charge in [-0.3, -0.25) is 4.44 Å². The molecule has 1 aliphatic heterocycles. The molecule has 0 radical (unpaired) electrons. The van der Waals surface area contributed by atoms with Gasteiger partial charge in [0.1, 0.15) is 0 Å². The maximum atomic E-state index is 3.01. The average molecular weight is 508 g/mol. The zero-order valence-corrected chi connectivity index (χ0v) is 22.5. The van der Waals surface area contributed by atoms with Crippen LogP contribution in [-0.2, 0) is 0 Å². The third kappa shape index (κ3) is 5.19. The Hall–Kier alpha value is -1.34. The molecule has 0 N–H and O–H groups in total. The van der Waals surface area contributed by atoms with Gasteiger partial charge in [0.05, 0.1) is 0 Å². The van der Waals surface area contributed by atoms with Crippen LogP contribution in [0.4, 0.5) is 0 Å². The molecule has 1 fully saturated rings. The van der Waals surface area contributed by atoms with E-state index in [9.17, 15) is 0 Å². The van der Waals surface area contributed by atoms with Crippen molar-refractivity contribution in [2.24, 2.45) is 0 Å². The summed E-state index contributed by atoms with van der Waals surface area (Å²) < 4.78 is 3.01. The van der Waals surface area contributed by atoms with Crippen LogP contribution in [0, 0.1) is 0 Å². The fourth-order valence-electron chi connectivity index (χ4n) is 4.90. The average Bonchev–Trinajstić information content (AvgIpc) is 3.65. The Balaban J connectivity index is 1.63. The number of unbranched alkanes of at least 4 members (excludes halogenated alkanes) is 1. The summed E-state index contributed by atoms with van der Waals surface area (Å²) in [5.74, 6) is 0. The van der Waals surface area contributed by atoms with E-state index >= 15 is 0 Å². The monoisotopic (exact) mass is 507 g/mol. The molecule has 5 heteroatoms. The molecular formula is C28H31NP2S2. The molecule has 2 aromatic heterocycles. The third-order valence-electron chi connectivity index (χ3n) is 6.43. The van der Waals surface area contributed by atoms with Crippen LogP contribution in [0.25, 0.3) is 0 Å². The van der Waals surface area contributed by atoms with Crippen molar-refractivity contribution >= 4 is 49.4 Å². The first-order valence-electron chi connectivity index (χ1n) is 11.9. The SMILES string of the molecule is CCCCN(P(c1ccsc1)c1ccsc1)P1C(c2ccccc2)CC[C@@H]1c1ccccc1. The molecule has 0 bridgehead atoms. The second-order valence-corrected chi connectivity index (χ2v) is 15.0. The molecule has 4 aromatic rings. The molecule has 3 heterocycles. The van der Waals surface area contributed by atoms with E-state index in [-0.39, 0.29) is 8.07 Å². The van der Waals surface area contributed by atoms with Crippen LogP contribution < -0.4 is 10.6 Å². The van der Waals surface area contributed by atoms with Crippen molar-refractivity contribution in [3.05, 3.63) is 105 Å². The maximum Gasteiger partial charge on any atom is 0.0335 e. The van der Waals surface area contributed by atoms with Gasteiger partial charge < -0.3 is 0 Å². The highest BCUT2D eigenvalue weighted by molar-refractivity contribution is 7.80. The number of nitrogens with zero attached hydrogens (tertiary/aromatic N) is 1. The summed E-state index contributed by atoms with van der Waals surface area (Å²) in [5, 5.41) is 12.4. The first kappa shape index (κ1) is 23.4. The second-order valence-electron chi connectivity index (χ2n) is 8.53. The highest BCUT2D eigenvalue weighted by Crippen LogP contribution is 2.76. The Morgan fingerprint density at radius 2 is 1.30 bits per heavy atom. The Morgan fingerprint density at radius 1 is 0.788 bits per heavy atom. The van der Waals surface area contributed by atoms with Crippen LogP contribution in [0.5, 0.6) is 0 Å². The zero-order chi connectivity index (χ0) is 22.5. The van der Waals surface area contributed by atoms with Crippen LogP contribution in [0.2, 0.25) is 0 Å². The summed E-state index contributed by atoms with van der Waals surface area (Å²) in [4.78, 5) is 0. The summed E-state index contributed by atoms with van der Waals surface area (Å²) in [6.45, 7) is 3.52. The molecule has 0 amide bonds. The van der Waals surface area contributed by atoms with Crippen molar-refractivity contribution in [3.8, 4) is 0 Å². The largest absolute Gasteiger partial charge is 0.251 e. The van der Waals surface area contributed by atoms with E-state index in [4.69, 9.17) is 0 Å². The molecule has 0 aliphatic carbocycles. The van der Waals surface area contributed by atoms with Gasteiger partial charge in [0.15, 0.2) is 0 Å². The van der Waals surface area contributed by atoms with E-state index in [0.29, 0.717) is 11.3 Å². The first-order chi connectivity index (χ1) is 16.4. The topological polar surface area (TPSA) is 3.24 Å². The molecule has 0 saturated carbocycles. The van der Waals surface area contributed by atoms with E-state index in [1.807, 2.05) is 22.7 Å². The van der Waals surface area contributed by atoms with E-state index in [1.54, 1.807) is 0 Å². The van der Waals surface area contributed by atoms with E-state index in [0.717, 1.165) is 0 Å². The van der Waals surface area contributed by atoms with Gasteiger partial charge in [0, 0.05) is 36.5 Å². The van der Waals surface area contributed by atoms with Gasteiger partial charge in [0.25, 0.3) is 0 Å². The molecule has 2 aromatic carbocycles.